The molecule has 0 spiro atoms. The number of thioether (sulfide) groups is 1. The molecule has 0 radical (unpaired) electrons. The summed E-state index contributed by atoms with van der Waals surface area (Å²) in [5.74, 6) is -0.264. The quantitative estimate of drug-likeness (QED) is 0.296. The zero-order chi connectivity index (χ0) is 24.4. The van der Waals surface area contributed by atoms with E-state index in [0.717, 1.165) is 22.2 Å². The highest BCUT2D eigenvalue weighted by Gasteiger charge is 2.36. The third-order valence-corrected chi connectivity index (χ3v) is 5.97. The van der Waals surface area contributed by atoms with Crippen molar-refractivity contribution in [1.29, 1.82) is 0 Å². The molecule has 1 saturated heterocycles. The zero-order valence-electron chi connectivity index (χ0n) is 18.2. The summed E-state index contributed by atoms with van der Waals surface area (Å²) < 4.78 is 5.78. The van der Waals surface area contributed by atoms with Gasteiger partial charge in [-0.3, -0.25) is 29.4 Å². The molecule has 1 N–H and O–H groups in total. The number of nitrogens with zero attached hydrogens (tertiary/aromatic N) is 2. The Kier molecular flexibility index (Phi) is 6.33. The van der Waals surface area contributed by atoms with Crippen molar-refractivity contribution in [3.05, 3.63) is 86.5 Å². The third kappa shape index (κ3) is 4.91. The molecular formula is C24H19N3O6S. The topological polar surface area (TPSA) is 123 Å². The van der Waals surface area contributed by atoms with Gasteiger partial charge in [0.2, 0.25) is 5.91 Å². The highest BCUT2D eigenvalue weighted by atomic mass is 32.2. The summed E-state index contributed by atoms with van der Waals surface area (Å²) in [4.78, 5) is 48.9. The molecule has 1 aliphatic heterocycles. The van der Waals surface area contributed by atoms with Gasteiger partial charge in [0.05, 0.1) is 9.83 Å². The lowest BCUT2D eigenvalue weighted by molar-refractivity contribution is -0.384. The van der Waals surface area contributed by atoms with E-state index in [9.17, 15) is 24.5 Å². The van der Waals surface area contributed by atoms with Gasteiger partial charge < -0.3 is 9.73 Å². The number of amides is 3. The number of nitro benzene ring substituents is 1. The van der Waals surface area contributed by atoms with Crippen molar-refractivity contribution in [2.45, 2.75) is 13.8 Å². The van der Waals surface area contributed by atoms with Crippen LogP contribution in [0, 0.1) is 24.0 Å². The Morgan fingerprint density at radius 3 is 2.65 bits per heavy atom. The van der Waals surface area contributed by atoms with Crippen LogP contribution in [0.15, 0.2) is 63.9 Å². The van der Waals surface area contributed by atoms with Crippen LogP contribution in [-0.4, -0.2) is 33.4 Å². The molecule has 172 valence electrons. The van der Waals surface area contributed by atoms with E-state index in [1.807, 2.05) is 13.0 Å². The van der Waals surface area contributed by atoms with Crippen LogP contribution in [0.5, 0.6) is 0 Å². The van der Waals surface area contributed by atoms with Gasteiger partial charge in [-0.25, -0.2) is 0 Å². The first kappa shape index (κ1) is 23.0. The molecule has 0 aliphatic carbocycles. The average molecular weight is 477 g/mol. The number of hydrogen-bond acceptors (Lipinski definition) is 7. The molecule has 2 heterocycles. The summed E-state index contributed by atoms with van der Waals surface area (Å²) in [6.45, 7) is 3.22. The second-order valence-electron chi connectivity index (χ2n) is 7.64. The number of imide groups is 1. The summed E-state index contributed by atoms with van der Waals surface area (Å²) in [5, 5.41) is 13.1. The fraction of sp³-hybridized carbons (Fsp3) is 0.125. The molecule has 0 saturated carbocycles. The number of nitrogens with one attached hydrogen (secondary N) is 1. The fourth-order valence-electron chi connectivity index (χ4n) is 3.45. The molecule has 1 aromatic heterocycles. The zero-order valence-corrected chi connectivity index (χ0v) is 19.0. The van der Waals surface area contributed by atoms with Gasteiger partial charge in [0.1, 0.15) is 18.1 Å². The smallest absolute Gasteiger partial charge is 0.294 e. The maximum Gasteiger partial charge on any atom is 0.294 e. The van der Waals surface area contributed by atoms with Crippen LogP contribution in [0.3, 0.4) is 0 Å². The minimum atomic E-state index is -0.584. The van der Waals surface area contributed by atoms with Gasteiger partial charge in [-0.2, -0.15) is 0 Å². The molecule has 9 nitrogen and oxygen atoms in total. The van der Waals surface area contributed by atoms with E-state index in [1.165, 1.54) is 18.2 Å². The first-order chi connectivity index (χ1) is 16.2. The number of hydrogen-bond donors (Lipinski definition) is 1. The maximum atomic E-state index is 12.7. The molecule has 3 amide bonds. The predicted octanol–water partition coefficient (Wildman–Crippen LogP) is 5.15. The van der Waals surface area contributed by atoms with Gasteiger partial charge >= 0.3 is 0 Å². The number of benzene rings is 2. The molecule has 34 heavy (non-hydrogen) atoms. The van der Waals surface area contributed by atoms with Crippen LogP contribution in [0.25, 0.3) is 17.4 Å². The van der Waals surface area contributed by atoms with E-state index in [2.05, 4.69) is 5.32 Å². The van der Waals surface area contributed by atoms with Gasteiger partial charge in [-0.1, -0.05) is 12.1 Å². The maximum absolute atomic E-state index is 12.7. The molecule has 2 aromatic carbocycles. The van der Waals surface area contributed by atoms with Crippen molar-refractivity contribution in [2.24, 2.45) is 0 Å². The average Bonchev–Trinajstić information content (AvgIpc) is 3.34. The molecule has 3 aromatic rings. The summed E-state index contributed by atoms with van der Waals surface area (Å²) in [7, 11) is 0. The van der Waals surface area contributed by atoms with Gasteiger partial charge in [-0.15, -0.1) is 0 Å². The minimum Gasteiger partial charge on any atom is -0.457 e. The van der Waals surface area contributed by atoms with E-state index in [-0.39, 0.29) is 10.6 Å². The molecule has 1 aliphatic rings. The van der Waals surface area contributed by atoms with E-state index in [4.69, 9.17) is 4.42 Å². The first-order valence-electron chi connectivity index (χ1n) is 10.2. The van der Waals surface area contributed by atoms with Crippen molar-refractivity contribution in [2.75, 3.05) is 11.9 Å². The third-order valence-electron chi connectivity index (χ3n) is 5.06. The number of carbonyl (C=O) groups excluding carboxylic acids is 3. The van der Waals surface area contributed by atoms with Crippen LogP contribution in [0.1, 0.15) is 16.9 Å². The Bertz CT molecular complexity index is 1360. The predicted molar refractivity (Wildman–Crippen MR) is 128 cm³/mol. The summed E-state index contributed by atoms with van der Waals surface area (Å²) in [6.07, 6.45) is 1.44. The monoisotopic (exact) mass is 477 g/mol. The Hall–Kier alpha value is -4.18. The lowest BCUT2D eigenvalue weighted by Gasteiger charge is -2.12. The van der Waals surface area contributed by atoms with E-state index in [0.29, 0.717) is 28.3 Å². The lowest BCUT2D eigenvalue weighted by Crippen LogP contribution is -2.36. The molecule has 10 heteroatoms. The second kappa shape index (κ2) is 9.36. The molecule has 4 rings (SSSR count). The Morgan fingerprint density at radius 2 is 1.94 bits per heavy atom. The molecule has 0 atom stereocenters. The SMILES string of the molecule is Cc1cccc(NC(=O)CN2C(=O)SC(=Cc3ccc(-c4ccc([N+](=O)[O-])cc4C)o3)C2=O)c1. The number of non-ortho nitro benzene ring substituents is 1. The summed E-state index contributed by atoms with van der Waals surface area (Å²) >= 11 is 0.724. The lowest BCUT2D eigenvalue weighted by atomic mass is 10.1. The molecule has 1 fully saturated rings. The molecular weight excluding hydrogens is 458 g/mol. The number of aryl methyl sites for hydroxylation is 2. The van der Waals surface area contributed by atoms with Crippen molar-refractivity contribution in [1.82, 2.24) is 4.90 Å². The highest BCUT2D eigenvalue weighted by Crippen LogP contribution is 2.34. The number of nitro groups is 1. The largest absolute Gasteiger partial charge is 0.457 e. The van der Waals surface area contributed by atoms with Crippen LogP contribution in [-0.2, 0) is 9.59 Å². The number of rotatable bonds is 6. The van der Waals surface area contributed by atoms with Gasteiger partial charge in [0.25, 0.3) is 16.8 Å². The Morgan fingerprint density at radius 1 is 1.15 bits per heavy atom. The van der Waals surface area contributed by atoms with Crippen molar-refractivity contribution in [3.63, 3.8) is 0 Å². The van der Waals surface area contributed by atoms with Crippen LogP contribution in [0.2, 0.25) is 0 Å². The second-order valence-corrected chi connectivity index (χ2v) is 8.64. The van der Waals surface area contributed by atoms with E-state index in [1.54, 1.807) is 43.3 Å². The molecule has 0 bridgehead atoms. The van der Waals surface area contributed by atoms with Crippen molar-refractivity contribution >= 4 is 46.3 Å². The minimum absolute atomic E-state index is 0.0202. The van der Waals surface area contributed by atoms with E-state index >= 15 is 0 Å². The normalized spacial score (nSPS) is 14.6. The number of furan rings is 1. The number of carbonyl (C=O) groups is 3. The fourth-order valence-corrected chi connectivity index (χ4v) is 4.26. The Balaban J connectivity index is 1.47. The Labute approximate surface area is 198 Å². The highest BCUT2D eigenvalue weighted by molar-refractivity contribution is 8.18. The first-order valence-corrected chi connectivity index (χ1v) is 11.0. The standard InChI is InChI=1S/C24H19N3O6S/c1-14-4-3-5-16(10-14)25-22(28)13-26-23(29)21(34-24(26)30)12-18-7-9-20(33-18)19-8-6-17(27(31)32)11-15(19)2/h3-12H,13H2,1-2H3,(H,25,28). The summed E-state index contributed by atoms with van der Waals surface area (Å²) in [5.41, 5.74) is 2.86. The van der Waals surface area contributed by atoms with Crippen LogP contribution in [0.4, 0.5) is 16.2 Å². The van der Waals surface area contributed by atoms with Gasteiger partial charge in [0.15, 0.2) is 0 Å². The van der Waals surface area contributed by atoms with Crippen LogP contribution < -0.4 is 5.32 Å². The van der Waals surface area contributed by atoms with Gasteiger partial charge in [-0.05, 0) is 67.1 Å². The van der Waals surface area contributed by atoms with Crippen molar-refractivity contribution in [3.8, 4) is 11.3 Å². The van der Waals surface area contributed by atoms with Crippen LogP contribution >= 0.6 is 11.8 Å². The molecule has 0 unspecified atom stereocenters. The summed E-state index contributed by atoms with van der Waals surface area (Å²) in [6, 6.07) is 14.9. The van der Waals surface area contributed by atoms with E-state index < -0.39 is 28.5 Å². The van der Waals surface area contributed by atoms with Crippen molar-refractivity contribution < 1.29 is 23.7 Å². The number of anilines is 1. The van der Waals surface area contributed by atoms with Gasteiger partial charge in [0, 0.05) is 29.5 Å².